The number of hydrogen-bond donors (Lipinski definition) is 1. The van der Waals surface area contributed by atoms with Crippen molar-refractivity contribution in [3.63, 3.8) is 0 Å². The molecule has 0 aromatic heterocycles. The second-order valence-electron chi connectivity index (χ2n) is 8.35. The molecule has 0 heterocycles. The highest BCUT2D eigenvalue weighted by Gasteiger charge is 2.30. The number of carbonyl (C=O) groups is 1. The zero-order valence-electron chi connectivity index (χ0n) is 17.4. The highest BCUT2D eigenvalue weighted by atomic mass is 16.6. The van der Waals surface area contributed by atoms with Crippen LogP contribution in [0.2, 0.25) is 0 Å². The largest absolute Gasteiger partial charge is 0.444 e. The Kier molecular flexibility index (Phi) is 6.97. The number of hydrogen-bond acceptors (Lipinski definition) is 5. The third kappa shape index (κ3) is 6.87. The summed E-state index contributed by atoms with van der Waals surface area (Å²) in [5.41, 5.74) is 5.89. The standard InChI is InChI=1S/C22H29N3O4/c1-21(2,3)29-20(26)24(16-17-9-6-5-7-10-17)14-8-11-18-15-19(25(27)28)12-13-22(18,4)23/h5-13,15,18H,14,16,23H2,1-4H3/b11-8+. The molecule has 1 aliphatic carbocycles. The van der Waals surface area contributed by atoms with Crippen LogP contribution in [0.1, 0.15) is 33.3 Å². The van der Waals surface area contributed by atoms with Gasteiger partial charge in [-0.05, 0) is 33.3 Å². The number of nitro groups is 1. The van der Waals surface area contributed by atoms with Crippen molar-refractivity contribution in [2.75, 3.05) is 6.54 Å². The Balaban J connectivity index is 2.16. The number of nitrogens with two attached hydrogens (primary N) is 1. The minimum atomic E-state index is -0.744. The summed E-state index contributed by atoms with van der Waals surface area (Å²) in [6, 6.07) is 9.62. The highest BCUT2D eigenvalue weighted by Crippen LogP contribution is 2.26. The van der Waals surface area contributed by atoms with E-state index in [0.717, 1.165) is 5.56 Å². The summed E-state index contributed by atoms with van der Waals surface area (Å²) >= 11 is 0. The number of amides is 1. The van der Waals surface area contributed by atoms with Crippen molar-refractivity contribution < 1.29 is 14.5 Å². The van der Waals surface area contributed by atoms with Crippen LogP contribution in [0.4, 0.5) is 4.79 Å². The van der Waals surface area contributed by atoms with Crippen LogP contribution in [0.5, 0.6) is 0 Å². The average molecular weight is 399 g/mol. The summed E-state index contributed by atoms with van der Waals surface area (Å²) < 4.78 is 5.52. The topological polar surface area (TPSA) is 98.7 Å². The predicted molar refractivity (Wildman–Crippen MR) is 113 cm³/mol. The van der Waals surface area contributed by atoms with Crippen LogP contribution in [-0.4, -0.2) is 33.6 Å². The predicted octanol–water partition coefficient (Wildman–Crippen LogP) is 4.04. The summed E-state index contributed by atoms with van der Waals surface area (Å²) in [5, 5.41) is 11.1. The molecular formula is C22H29N3O4. The van der Waals surface area contributed by atoms with E-state index in [0.29, 0.717) is 13.1 Å². The molecule has 1 aliphatic rings. The van der Waals surface area contributed by atoms with Gasteiger partial charge in [0.25, 0.3) is 5.70 Å². The van der Waals surface area contributed by atoms with Crippen molar-refractivity contribution in [2.24, 2.45) is 11.7 Å². The van der Waals surface area contributed by atoms with E-state index in [9.17, 15) is 14.9 Å². The Morgan fingerprint density at radius 3 is 2.59 bits per heavy atom. The molecule has 1 aromatic rings. The van der Waals surface area contributed by atoms with E-state index in [1.165, 1.54) is 12.2 Å². The van der Waals surface area contributed by atoms with Crippen LogP contribution >= 0.6 is 0 Å². The Labute approximate surface area is 171 Å². The lowest BCUT2D eigenvalue weighted by Crippen LogP contribution is -2.42. The fourth-order valence-corrected chi connectivity index (χ4v) is 2.85. The van der Waals surface area contributed by atoms with Crippen molar-refractivity contribution >= 4 is 6.09 Å². The first kappa shape index (κ1) is 22.4. The van der Waals surface area contributed by atoms with Gasteiger partial charge in [-0.3, -0.25) is 10.1 Å². The molecule has 2 unspecified atom stereocenters. The third-order valence-corrected chi connectivity index (χ3v) is 4.43. The van der Waals surface area contributed by atoms with Crippen molar-refractivity contribution in [3.8, 4) is 0 Å². The zero-order chi connectivity index (χ0) is 21.7. The van der Waals surface area contributed by atoms with Gasteiger partial charge in [-0.15, -0.1) is 0 Å². The number of allylic oxidation sites excluding steroid dienone is 1. The molecule has 0 saturated heterocycles. The van der Waals surface area contributed by atoms with Gasteiger partial charge in [0.1, 0.15) is 5.60 Å². The zero-order valence-corrected chi connectivity index (χ0v) is 17.4. The molecule has 1 aromatic carbocycles. The number of rotatable bonds is 6. The monoisotopic (exact) mass is 399 g/mol. The molecule has 2 rings (SSSR count). The molecule has 2 atom stereocenters. The van der Waals surface area contributed by atoms with E-state index in [4.69, 9.17) is 10.5 Å². The molecule has 0 bridgehead atoms. The molecule has 0 saturated carbocycles. The average Bonchev–Trinajstić information content (AvgIpc) is 2.61. The van der Waals surface area contributed by atoms with Crippen LogP contribution in [0.25, 0.3) is 0 Å². The summed E-state index contributed by atoms with van der Waals surface area (Å²) in [6.07, 6.45) is 7.77. The van der Waals surface area contributed by atoms with Gasteiger partial charge in [0.05, 0.1) is 4.92 Å². The highest BCUT2D eigenvalue weighted by molar-refractivity contribution is 5.68. The number of ether oxygens (including phenoxy) is 1. The molecule has 0 spiro atoms. The van der Waals surface area contributed by atoms with E-state index < -0.39 is 22.2 Å². The Morgan fingerprint density at radius 1 is 1.34 bits per heavy atom. The maximum absolute atomic E-state index is 12.6. The van der Waals surface area contributed by atoms with Gasteiger partial charge < -0.3 is 15.4 Å². The number of carbonyl (C=O) groups excluding carboxylic acids is 1. The molecule has 2 N–H and O–H groups in total. The van der Waals surface area contributed by atoms with Gasteiger partial charge in [-0.2, -0.15) is 0 Å². The van der Waals surface area contributed by atoms with Crippen LogP contribution < -0.4 is 5.73 Å². The minimum Gasteiger partial charge on any atom is -0.444 e. The first-order valence-electron chi connectivity index (χ1n) is 9.51. The SMILES string of the molecule is CC(C)(C)OC(=O)N(C/C=C/C1C=C([N+](=O)[O-])C=CC1(C)N)Cc1ccccc1. The molecule has 0 radical (unpaired) electrons. The fraction of sp³-hybridized carbons (Fsp3) is 0.409. The maximum Gasteiger partial charge on any atom is 0.410 e. The summed E-state index contributed by atoms with van der Waals surface area (Å²) in [5.74, 6) is -0.356. The van der Waals surface area contributed by atoms with Crippen LogP contribution in [0, 0.1) is 16.0 Å². The van der Waals surface area contributed by atoms with E-state index in [2.05, 4.69) is 0 Å². The summed E-state index contributed by atoms with van der Waals surface area (Å²) in [6.45, 7) is 7.95. The third-order valence-electron chi connectivity index (χ3n) is 4.43. The van der Waals surface area contributed by atoms with Gasteiger partial charge in [0.2, 0.25) is 0 Å². The first-order chi connectivity index (χ1) is 13.5. The second-order valence-corrected chi connectivity index (χ2v) is 8.35. The van der Waals surface area contributed by atoms with Gasteiger partial charge in [0, 0.05) is 36.7 Å². The van der Waals surface area contributed by atoms with Gasteiger partial charge in [-0.1, -0.05) is 48.6 Å². The molecule has 7 heteroatoms. The molecule has 29 heavy (non-hydrogen) atoms. The lowest BCUT2D eigenvalue weighted by molar-refractivity contribution is -0.419. The number of nitrogens with zero attached hydrogens (tertiary/aromatic N) is 2. The van der Waals surface area contributed by atoms with Gasteiger partial charge >= 0.3 is 6.09 Å². The van der Waals surface area contributed by atoms with E-state index in [1.807, 2.05) is 51.1 Å². The van der Waals surface area contributed by atoms with Crippen molar-refractivity contribution in [1.82, 2.24) is 4.90 Å². The van der Waals surface area contributed by atoms with E-state index in [1.54, 1.807) is 30.1 Å². The lowest BCUT2D eigenvalue weighted by atomic mass is 9.82. The van der Waals surface area contributed by atoms with Crippen LogP contribution in [0.3, 0.4) is 0 Å². The normalized spacial score (nSPS) is 21.7. The van der Waals surface area contributed by atoms with Crippen molar-refractivity contribution in [2.45, 2.75) is 45.4 Å². The quantitative estimate of drug-likeness (QED) is 0.442. The van der Waals surface area contributed by atoms with Gasteiger partial charge in [0.15, 0.2) is 0 Å². The molecule has 1 amide bonds. The Bertz CT molecular complexity index is 820. The van der Waals surface area contributed by atoms with Crippen LogP contribution in [-0.2, 0) is 11.3 Å². The van der Waals surface area contributed by atoms with E-state index >= 15 is 0 Å². The second kappa shape index (κ2) is 9.05. The van der Waals surface area contributed by atoms with Crippen molar-refractivity contribution in [1.29, 1.82) is 0 Å². The Morgan fingerprint density at radius 2 is 2.00 bits per heavy atom. The molecule has 156 valence electrons. The molecule has 0 fully saturated rings. The maximum atomic E-state index is 12.6. The number of benzene rings is 1. The molecule has 7 nitrogen and oxygen atoms in total. The first-order valence-corrected chi connectivity index (χ1v) is 9.51. The molecule has 0 aliphatic heterocycles. The van der Waals surface area contributed by atoms with Gasteiger partial charge in [-0.25, -0.2) is 4.79 Å². The Hall–Kier alpha value is -2.93. The smallest absolute Gasteiger partial charge is 0.410 e. The van der Waals surface area contributed by atoms with Crippen LogP contribution in [0.15, 0.2) is 66.4 Å². The summed E-state index contributed by atoms with van der Waals surface area (Å²) in [7, 11) is 0. The van der Waals surface area contributed by atoms with Crippen molar-refractivity contribution in [3.05, 3.63) is 82.1 Å². The molecular weight excluding hydrogens is 370 g/mol. The minimum absolute atomic E-state index is 0.0101. The fourth-order valence-electron chi connectivity index (χ4n) is 2.85. The lowest BCUT2D eigenvalue weighted by Gasteiger charge is -2.29. The summed E-state index contributed by atoms with van der Waals surface area (Å²) in [4.78, 5) is 24.9. The van der Waals surface area contributed by atoms with E-state index in [-0.39, 0.29) is 11.6 Å².